The van der Waals surface area contributed by atoms with Crippen molar-refractivity contribution >= 4 is 29.1 Å². The summed E-state index contributed by atoms with van der Waals surface area (Å²) in [7, 11) is 0. The molecule has 104 valence electrons. The molecule has 0 aromatic carbocycles. The van der Waals surface area contributed by atoms with Gasteiger partial charge in [-0.05, 0) is 52.2 Å². The molecule has 1 heterocycles. The third kappa shape index (κ3) is 3.12. The number of nitrogens with one attached hydrogen (secondary N) is 1. The number of likely N-dealkylation sites (tertiary alicyclic amines) is 1. The Morgan fingerprint density at radius 1 is 1.28 bits per heavy atom. The van der Waals surface area contributed by atoms with Gasteiger partial charge in [-0.15, -0.1) is 23.2 Å². The van der Waals surface area contributed by atoms with Gasteiger partial charge in [0.2, 0.25) is 5.91 Å². The topological polar surface area (TPSA) is 32.3 Å². The summed E-state index contributed by atoms with van der Waals surface area (Å²) in [6, 6.07) is 0. The quantitative estimate of drug-likeness (QED) is 0.624. The Morgan fingerprint density at radius 2 is 1.89 bits per heavy atom. The lowest BCUT2D eigenvalue weighted by Crippen LogP contribution is -2.36. The predicted molar refractivity (Wildman–Crippen MR) is 75.1 cm³/mol. The Morgan fingerprint density at radius 3 is 2.44 bits per heavy atom. The lowest BCUT2D eigenvalue weighted by atomic mass is 10.1. The van der Waals surface area contributed by atoms with Crippen molar-refractivity contribution in [2.24, 2.45) is 5.41 Å². The second-order valence-electron chi connectivity index (χ2n) is 5.73. The molecule has 18 heavy (non-hydrogen) atoms. The minimum absolute atomic E-state index is 0.00820. The number of hydrogen-bond acceptors (Lipinski definition) is 2. The van der Waals surface area contributed by atoms with Crippen molar-refractivity contribution in [2.75, 3.05) is 26.2 Å². The molecule has 2 rings (SSSR count). The van der Waals surface area contributed by atoms with Crippen LogP contribution in [-0.4, -0.2) is 41.3 Å². The first kappa shape index (κ1) is 14.4. The highest BCUT2D eigenvalue weighted by molar-refractivity contribution is 6.53. The van der Waals surface area contributed by atoms with Crippen molar-refractivity contribution in [1.29, 1.82) is 0 Å². The maximum Gasteiger partial charge on any atom is 0.229 e. The lowest BCUT2D eigenvalue weighted by molar-refractivity contribution is -0.125. The molecule has 1 unspecified atom stereocenters. The number of alkyl halides is 2. The largest absolute Gasteiger partial charge is 0.355 e. The van der Waals surface area contributed by atoms with E-state index in [4.69, 9.17) is 23.2 Å². The average Bonchev–Trinajstić information content (AvgIpc) is 2.87. The molecule has 0 spiro atoms. The highest BCUT2D eigenvalue weighted by atomic mass is 35.5. The minimum Gasteiger partial charge on any atom is -0.355 e. The van der Waals surface area contributed by atoms with Crippen molar-refractivity contribution < 1.29 is 4.79 Å². The van der Waals surface area contributed by atoms with Crippen LogP contribution in [0.4, 0.5) is 0 Å². The Bertz CT molecular complexity index is 316. The van der Waals surface area contributed by atoms with E-state index in [1.54, 1.807) is 0 Å². The Balaban J connectivity index is 1.60. The van der Waals surface area contributed by atoms with Crippen molar-refractivity contribution in [3.05, 3.63) is 0 Å². The molecule has 0 aromatic rings. The van der Waals surface area contributed by atoms with E-state index in [1.807, 2.05) is 6.92 Å². The van der Waals surface area contributed by atoms with Crippen molar-refractivity contribution in [3.8, 4) is 0 Å². The molecular weight excluding hydrogens is 271 g/mol. The van der Waals surface area contributed by atoms with Crippen molar-refractivity contribution in [1.82, 2.24) is 10.2 Å². The highest BCUT2D eigenvalue weighted by Crippen LogP contribution is 2.63. The molecular formula is C13H22Cl2N2O. The van der Waals surface area contributed by atoms with Gasteiger partial charge in [0, 0.05) is 6.54 Å². The second kappa shape index (κ2) is 5.56. The summed E-state index contributed by atoms with van der Waals surface area (Å²) in [4.78, 5) is 14.4. The summed E-state index contributed by atoms with van der Waals surface area (Å²) in [5, 5.41) is 2.95. The van der Waals surface area contributed by atoms with Gasteiger partial charge in [0.1, 0.15) is 4.33 Å². The van der Waals surface area contributed by atoms with Gasteiger partial charge in [-0.2, -0.15) is 0 Å². The van der Waals surface area contributed by atoms with Crippen LogP contribution < -0.4 is 5.32 Å². The molecule has 5 heteroatoms. The zero-order valence-corrected chi connectivity index (χ0v) is 12.5. The second-order valence-corrected chi connectivity index (χ2v) is 7.21. The van der Waals surface area contributed by atoms with E-state index in [1.165, 1.54) is 32.4 Å². The average molecular weight is 293 g/mol. The van der Waals surface area contributed by atoms with Crippen LogP contribution in [0.3, 0.4) is 0 Å². The van der Waals surface area contributed by atoms with E-state index in [-0.39, 0.29) is 5.91 Å². The molecule has 1 atom stereocenters. The van der Waals surface area contributed by atoms with Gasteiger partial charge in [0.25, 0.3) is 0 Å². The first-order valence-electron chi connectivity index (χ1n) is 6.84. The molecule has 1 aliphatic heterocycles. The van der Waals surface area contributed by atoms with Crippen LogP contribution in [0.2, 0.25) is 0 Å². The first-order valence-corrected chi connectivity index (χ1v) is 7.60. The number of carbonyl (C=O) groups is 1. The molecule has 1 N–H and O–H groups in total. The third-order valence-corrected chi connectivity index (χ3v) is 5.25. The predicted octanol–water partition coefficient (Wildman–Crippen LogP) is 2.56. The first-order chi connectivity index (χ1) is 8.46. The van der Waals surface area contributed by atoms with E-state index >= 15 is 0 Å². The Kier molecular flexibility index (Phi) is 4.45. The number of hydrogen-bond donors (Lipinski definition) is 1. The summed E-state index contributed by atoms with van der Waals surface area (Å²) in [5.74, 6) is -0.00820. The van der Waals surface area contributed by atoms with Crippen LogP contribution in [0.25, 0.3) is 0 Å². The minimum atomic E-state index is -0.857. The van der Waals surface area contributed by atoms with E-state index < -0.39 is 9.75 Å². The van der Waals surface area contributed by atoms with Gasteiger partial charge in [-0.3, -0.25) is 4.79 Å². The van der Waals surface area contributed by atoms with Gasteiger partial charge in [0.15, 0.2) is 0 Å². The number of amides is 1. The monoisotopic (exact) mass is 292 g/mol. The fraction of sp³-hybridized carbons (Fsp3) is 0.923. The molecule has 1 saturated heterocycles. The van der Waals surface area contributed by atoms with Crippen molar-refractivity contribution in [2.45, 2.75) is 43.4 Å². The standard InChI is InChI=1S/C13H22Cl2N2O/c1-12(10-13(12,14)15)11(18)16-6-5-9-17-7-3-2-4-8-17/h2-10H2,1H3,(H,16,18). The summed E-state index contributed by atoms with van der Waals surface area (Å²) < 4.78 is -0.857. The molecule has 0 bridgehead atoms. The Hall–Kier alpha value is 0.01000. The molecule has 1 saturated carbocycles. The van der Waals surface area contributed by atoms with Gasteiger partial charge >= 0.3 is 0 Å². The summed E-state index contributed by atoms with van der Waals surface area (Å²) in [6.45, 7) is 6.03. The van der Waals surface area contributed by atoms with Gasteiger partial charge in [-0.25, -0.2) is 0 Å². The summed E-state index contributed by atoms with van der Waals surface area (Å²) >= 11 is 11.9. The molecule has 1 aliphatic carbocycles. The molecule has 1 amide bonds. The highest BCUT2D eigenvalue weighted by Gasteiger charge is 2.67. The normalized spacial score (nSPS) is 31.1. The van der Waals surface area contributed by atoms with E-state index in [0.29, 0.717) is 6.42 Å². The number of rotatable bonds is 5. The number of carbonyl (C=O) groups excluding carboxylic acids is 1. The van der Waals surface area contributed by atoms with Crippen molar-refractivity contribution in [3.63, 3.8) is 0 Å². The smallest absolute Gasteiger partial charge is 0.229 e. The number of nitrogens with zero attached hydrogens (tertiary/aromatic N) is 1. The zero-order chi connectivity index (χ0) is 13.2. The summed E-state index contributed by atoms with van der Waals surface area (Å²) in [6.07, 6.45) is 5.54. The van der Waals surface area contributed by atoms with E-state index in [2.05, 4.69) is 10.2 Å². The lowest BCUT2D eigenvalue weighted by Gasteiger charge is -2.26. The fourth-order valence-corrected chi connectivity index (χ4v) is 3.24. The van der Waals surface area contributed by atoms with Gasteiger partial charge < -0.3 is 10.2 Å². The van der Waals surface area contributed by atoms with Gasteiger partial charge in [0.05, 0.1) is 5.41 Å². The van der Waals surface area contributed by atoms with Crippen LogP contribution in [-0.2, 0) is 4.79 Å². The number of halogens is 2. The van der Waals surface area contributed by atoms with Crippen LogP contribution in [0.5, 0.6) is 0 Å². The van der Waals surface area contributed by atoms with Crippen LogP contribution in [0, 0.1) is 5.41 Å². The SMILES string of the molecule is CC1(C(=O)NCCCN2CCCCC2)CC1(Cl)Cl. The van der Waals surface area contributed by atoms with Crippen LogP contribution >= 0.6 is 23.2 Å². The molecule has 0 aromatic heterocycles. The molecule has 0 radical (unpaired) electrons. The van der Waals surface area contributed by atoms with Crippen LogP contribution in [0.15, 0.2) is 0 Å². The molecule has 2 aliphatic rings. The third-order valence-electron chi connectivity index (χ3n) is 4.14. The maximum atomic E-state index is 11.9. The molecule has 2 fully saturated rings. The fourth-order valence-electron chi connectivity index (χ4n) is 2.53. The van der Waals surface area contributed by atoms with E-state index in [0.717, 1.165) is 19.5 Å². The molecule has 3 nitrogen and oxygen atoms in total. The zero-order valence-electron chi connectivity index (χ0n) is 11.0. The van der Waals surface area contributed by atoms with Crippen LogP contribution in [0.1, 0.15) is 39.0 Å². The Labute approximate surface area is 119 Å². The maximum absolute atomic E-state index is 11.9. The van der Waals surface area contributed by atoms with Gasteiger partial charge in [-0.1, -0.05) is 6.42 Å². The van der Waals surface area contributed by atoms with E-state index in [9.17, 15) is 4.79 Å². The number of piperidine rings is 1. The summed E-state index contributed by atoms with van der Waals surface area (Å²) in [5.41, 5.74) is -0.582.